The summed E-state index contributed by atoms with van der Waals surface area (Å²) < 4.78 is 44.3. The minimum atomic E-state index is -4.64. The van der Waals surface area contributed by atoms with E-state index in [0.717, 1.165) is 22.4 Å². The predicted molar refractivity (Wildman–Crippen MR) is 126 cm³/mol. The van der Waals surface area contributed by atoms with Crippen molar-refractivity contribution < 1.29 is 27.2 Å². The molecule has 0 aliphatic rings. The highest BCUT2D eigenvalue weighted by molar-refractivity contribution is 6.08. The number of benzene rings is 3. The van der Waals surface area contributed by atoms with Crippen LogP contribution >= 0.6 is 0 Å². The van der Waals surface area contributed by atoms with Gasteiger partial charge in [0.1, 0.15) is 5.76 Å². The fourth-order valence-electron chi connectivity index (χ4n) is 4.09. The maximum absolute atomic E-state index is 13.9. The Morgan fingerprint density at radius 3 is 2.37 bits per heavy atom. The van der Waals surface area contributed by atoms with Gasteiger partial charge in [0.05, 0.1) is 12.1 Å². The van der Waals surface area contributed by atoms with E-state index in [1.807, 2.05) is 36.4 Å². The normalized spacial score (nSPS) is 11.6. The van der Waals surface area contributed by atoms with E-state index < -0.39 is 23.8 Å². The molecule has 0 saturated heterocycles. The summed E-state index contributed by atoms with van der Waals surface area (Å²) in [6.45, 7) is 3.32. The van der Waals surface area contributed by atoms with E-state index in [1.165, 1.54) is 11.0 Å². The number of aryl methyl sites for hydroxylation is 2. The number of primary amides is 1. The maximum atomic E-state index is 13.9. The molecule has 8 heteroatoms. The second-order valence-corrected chi connectivity index (χ2v) is 8.43. The third-order valence-corrected chi connectivity index (χ3v) is 5.82. The van der Waals surface area contributed by atoms with Crippen molar-refractivity contribution in [3.63, 3.8) is 0 Å². The quantitative estimate of drug-likeness (QED) is 0.367. The van der Waals surface area contributed by atoms with Gasteiger partial charge in [0, 0.05) is 12.1 Å². The standard InChI is InChI=1S/C27H23F3N2O3/c1-16-7-9-19(22(13-16)25(31)33)14-32(15-20-11-12-23(35-20)27(28,29)30)26(34)24-17(2)8-10-18-5-3-4-6-21(18)24/h3-13H,14-15H2,1-2H3,(H2,31,33). The van der Waals surface area contributed by atoms with Gasteiger partial charge >= 0.3 is 6.18 Å². The van der Waals surface area contributed by atoms with Crippen LogP contribution in [0.3, 0.4) is 0 Å². The van der Waals surface area contributed by atoms with Crippen LogP contribution in [0.1, 0.15) is 48.9 Å². The lowest BCUT2D eigenvalue weighted by Crippen LogP contribution is -2.32. The van der Waals surface area contributed by atoms with Crippen molar-refractivity contribution in [3.05, 3.63) is 106 Å². The van der Waals surface area contributed by atoms with E-state index in [0.29, 0.717) is 16.7 Å². The minimum Gasteiger partial charge on any atom is -0.455 e. The maximum Gasteiger partial charge on any atom is 0.449 e. The number of alkyl halides is 3. The molecule has 1 heterocycles. The SMILES string of the molecule is Cc1ccc(CN(Cc2ccc(C(F)(F)F)o2)C(=O)c2c(C)ccc3ccccc23)c(C(N)=O)c1. The number of nitrogens with two attached hydrogens (primary N) is 1. The topological polar surface area (TPSA) is 76.5 Å². The average Bonchev–Trinajstić information content (AvgIpc) is 3.28. The summed E-state index contributed by atoms with van der Waals surface area (Å²) in [7, 11) is 0. The summed E-state index contributed by atoms with van der Waals surface area (Å²) in [5.74, 6) is -2.24. The third-order valence-electron chi connectivity index (χ3n) is 5.82. The minimum absolute atomic E-state index is 0.0312. The lowest BCUT2D eigenvalue weighted by Gasteiger charge is -2.25. The zero-order valence-corrected chi connectivity index (χ0v) is 19.1. The molecule has 0 aliphatic carbocycles. The molecule has 0 atom stereocenters. The molecule has 180 valence electrons. The first-order valence-electron chi connectivity index (χ1n) is 10.9. The summed E-state index contributed by atoms with van der Waals surface area (Å²) in [5.41, 5.74) is 8.25. The van der Waals surface area contributed by atoms with Crippen LogP contribution in [0.25, 0.3) is 10.8 Å². The first-order valence-corrected chi connectivity index (χ1v) is 10.9. The zero-order valence-electron chi connectivity index (χ0n) is 19.1. The molecule has 5 nitrogen and oxygen atoms in total. The molecule has 0 saturated carbocycles. The van der Waals surface area contributed by atoms with Crippen LogP contribution in [0.2, 0.25) is 0 Å². The van der Waals surface area contributed by atoms with Crippen molar-refractivity contribution in [1.82, 2.24) is 4.90 Å². The van der Waals surface area contributed by atoms with Gasteiger partial charge in [-0.3, -0.25) is 9.59 Å². The second-order valence-electron chi connectivity index (χ2n) is 8.43. The van der Waals surface area contributed by atoms with Crippen molar-refractivity contribution in [2.24, 2.45) is 5.73 Å². The molecule has 2 amide bonds. The highest BCUT2D eigenvalue weighted by Gasteiger charge is 2.35. The van der Waals surface area contributed by atoms with Gasteiger partial charge in [-0.15, -0.1) is 0 Å². The molecule has 0 radical (unpaired) electrons. The number of rotatable bonds is 6. The Hall–Kier alpha value is -4.07. The molecule has 1 aromatic heterocycles. The van der Waals surface area contributed by atoms with Gasteiger partial charge in [-0.1, -0.05) is 54.1 Å². The number of hydrogen-bond acceptors (Lipinski definition) is 3. The molecule has 0 fully saturated rings. The van der Waals surface area contributed by atoms with Gasteiger partial charge in [-0.25, -0.2) is 0 Å². The van der Waals surface area contributed by atoms with Crippen molar-refractivity contribution in [3.8, 4) is 0 Å². The predicted octanol–water partition coefficient (Wildman–Crippen LogP) is 6.01. The first kappa shape index (κ1) is 24.1. The van der Waals surface area contributed by atoms with Crippen molar-refractivity contribution in [1.29, 1.82) is 0 Å². The van der Waals surface area contributed by atoms with Gasteiger partial charge in [0.15, 0.2) is 0 Å². The molecular weight excluding hydrogens is 457 g/mol. The van der Waals surface area contributed by atoms with Crippen LogP contribution in [0.15, 0.2) is 71.1 Å². The largest absolute Gasteiger partial charge is 0.455 e. The lowest BCUT2D eigenvalue weighted by atomic mass is 9.98. The number of carbonyl (C=O) groups excluding carboxylic acids is 2. The van der Waals surface area contributed by atoms with E-state index in [-0.39, 0.29) is 24.4 Å². The fraction of sp³-hybridized carbons (Fsp3) is 0.185. The Bertz CT molecular complexity index is 1420. The van der Waals surface area contributed by atoms with Gasteiger partial charge in [0.2, 0.25) is 11.7 Å². The Morgan fingerprint density at radius 2 is 1.69 bits per heavy atom. The number of carbonyl (C=O) groups is 2. The molecule has 3 aromatic carbocycles. The van der Waals surface area contributed by atoms with Crippen LogP contribution < -0.4 is 5.73 Å². The van der Waals surface area contributed by atoms with E-state index >= 15 is 0 Å². The molecule has 0 aliphatic heterocycles. The Morgan fingerprint density at radius 1 is 0.943 bits per heavy atom. The van der Waals surface area contributed by atoms with Gasteiger partial charge in [-0.2, -0.15) is 13.2 Å². The van der Waals surface area contributed by atoms with Crippen molar-refractivity contribution >= 4 is 22.6 Å². The van der Waals surface area contributed by atoms with Crippen LogP contribution in [0, 0.1) is 13.8 Å². The molecule has 0 spiro atoms. The summed E-state index contributed by atoms with van der Waals surface area (Å²) in [6.07, 6.45) is -4.64. The van der Waals surface area contributed by atoms with Crippen LogP contribution in [-0.2, 0) is 19.3 Å². The summed E-state index contributed by atoms with van der Waals surface area (Å²) in [5, 5.41) is 1.57. The molecular formula is C27H23F3N2O3. The molecule has 2 N–H and O–H groups in total. The molecule has 4 rings (SSSR count). The monoisotopic (exact) mass is 480 g/mol. The smallest absolute Gasteiger partial charge is 0.449 e. The Labute approximate surface area is 199 Å². The zero-order chi connectivity index (χ0) is 25.3. The highest BCUT2D eigenvalue weighted by atomic mass is 19.4. The average molecular weight is 480 g/mol. The summed E-state index contributed by atoms with van der Waals surface area (Å²) in [4.78, 5) is 27.3. The van der Waals surface area contributed by atoms with Crippen molar-refractivity contribution in [2.45, 2.75) is 33.1 Å². The van der Waals surface area contributed by atoms with E-state index in [9.17, 15) is 22.8 Å². The molecule has 4 aromatic rings. The number of nitrogens with zero attached hydrogens (tertiary/aromatic N) is 1. The Balaban J connectivity index is 1.79. The number of fused-ring (bicyclic) bond motifs is 1. The van der Waals surface area contributed by atoms with Crippen molar-refractivity contribution in [2.75, 3.05) is 0 Å². The lowest BCUT2D eigenvalue weighted by molar-refractivity contribution is -0.153. The number of halogens is 3. The van der Waals surface area contributed by atoms with Gasteiger partial charge in [-0.05, 0) is 53.9 Å². The third kappa shape index (κ3) is 5.06. The van der Waals surface area contributed by atoms with E-state index in [1.54, 1.807) is 32.0 Å². The van der Waals surface area contributed by atoms with Crippen LogP contribution in [0.4, 0.5) is 13.2 Å². The van der Waals surface area contributed by atoms with Crippen LogP contribution in [0.5, 0.6) is 0 Å². The number of amides is 2. The second kappa shape index (κ2) is 9.29. The number of furan rings is 1. The first-order chi connectivity index (χ1) is 16.5. The van der Waals surface area contributed by atoms with Crippen LogP contribution in [-0.4, -0.2) is 16.7 Å². The molecule has 0 bridgehead atoms. The molecule has 0 unspecified atom stereocenters. The van der Waals surface area contributed by atoms with E-state index in [2.05, 4.69) is 0 Å². The molecule has 35 heavy (non-hydrogen) atoms. The summed E-state index contributed by atoms with van der Waals surface area (Å²) in [6, 6.07) is 18.2. The summed E-state index contributed by atoms with van der Waals surface area (Å²) >= 11 is 0. The number of hydrogen-bond donors (Lipinski definition) is 1. The fourth-order valence-corrected chi connectivity index (χ4v) is 4.09. The highest BCUT2D eigenvalue weighted by Crippen LogP contribution is 2.32. The van der Waals surface area contributed by atoms with Gasteiger partial charge in [0.25, 0.3) is 5.91 Å². The van der Waals surface area contributed by atoms with E-state index in [4.69, 9.17) is 10.2 Å². The van der Waals surface area contributed by atoms with Gasteiger partial charge < -0.3 is 15.1 Å². The Kier molecular flexibility index (Phi) is 6.39.